The Kier molecular flexibility index (Phi) is 7.68. The summed E-state index contributed by atoms with van der Waals surface area (Å²) in [5.41, 5.74) is 1.13. The lowest BCUT2D eigenvalue weighted by atomic mass is 9.97. The van der Waals surface area contributed by atoms with Gasteiger partial charge >= 0.3 is 0 Å². The van der Waals surface area contributed by atoms with Gasteiger partial charge in [0.15, 0.2) is 0 Å². The minimum atomic E-state index is -2.95. The Hall–Kier alpha value is -1.60. The molecule has 0 spiro atoms. The molecule has 1 aliphatic rings. The topological polar surface area (TPSA) is 74.7 Å². The van der Waals surface area contributed by atoms with Gasteiger partial charge in [-0.1, -0.05) is 0 Å². The zero-order valence-electron chi connectivity index (χ0n) is 16.7. The minimum Gasteiger partial charge on any atom is -0.485 e. The van der Waals surface area contributed by atoms with Crippen LogP contribution in [0.5, 0.6) is 11.6 Å². The van der Waals surface area contributed by atoms with Crippen LogP contribution in [0.2, 0.25) is 0 Å². The number of hydrogen-bond acceptors (Lipinski definition) is 6. The molecule has 0 radical (unpaired) electrons. The van der Waals surface area contributed by atoms with Crippen molar-refractivity contribution in [2.75, 3.05) is 25.2 Å². The van der Waals surface area contributed by atoms with Gasteiger partial charge in [-0.15, -0.1) is 0 Å². The van der Waals surface area contributed by atoms with Crippen LogP contribution in [-0.4, -0.2) is 50.3 Å². The van der Waals surface area contributed by atoms with Gasteiger partial charge in [-0.05, 0) is 64.2 Å². The van der Waals surface area contributed by atoms with Gasteiger partial charge in [-0.25, -0.2) is 13.4 Å². The first-order valence-corrected chi connectivity index (χ1v) is 11.4. The maximum atomic E-state index is 11.1. The lowest BCUT2D eigenvalue weighted by Crippen LogP contribution is -2.23. The fraction of sp³-hybridized carbons (Fsp3) is 0.650. The number of nitrogens with zero attached hydrogens (tertiary/aromatic N) is 1. The lowest BCUT2D eigenvalue weighted by Gasteiger charge is -2.25. The van der Waals surface area contributed by atoms with Gasteiger partial charge in [-0.3, -0.25) is 0 Å². The van der Waals surface area contributed by atoms with Crippen molar-refractivity contribution in [3.63, 3.8) is 0 Å². The number of sulfone groups is 1. The molecule has 27 heavy (non-hydrogen) atoms. The van der Waals surface area contributed by atoms with E-state index in [2.05, 4.69) is 31.8 Å². The zero-order valence-corrected chi connectivity index (χ0v) is 17.5. The third-order valence-electron chi connectivity index (χ3n) is 4.00. The quantitative estimate of drug-likeness (QED) is 0.468. The highest BCUT2D eigenvalue weighted by Crippen LogP contribution is 2.24. The second kappa shape index (κ2) is 9.55. The Morgan fingerprint density at radius 3 is 2.67 bits per heavy atom. The summed E-state index contributed by atoms with van der Waals surface area (Å²) >= 11 is 0. The fourth-order valence-corrected chi connectivity index (χ4v) is 3.32. The molecule has 1 unspecified atom stereocenters. The molecule has 2 rings (SSSR count). The Morgan fingerprint density at radius 2 is 2.04 bits per heavy atom. The number of pyridine rings is 1. The summed E-state index contributed by atoms with van der Waals surface area (Å²) in [6, 6.07) is 3.57. The normalized spacial score (nSPS) is 18.1. The first kappa shape index (κ1) is 21.7. The second-order valence-corrected chi connectivity index (χ2v) is 10.2. The van der Waals surface area contributed by atoms with E-state index in [9.17, 15) is 8.42 Å². The summed E-state index contributed by atoms with van der Waals surface area (Å²) in [7, 11) is -2.95. The lowest BCUT2D eigenvalue weighted by molar-refractivity contribution is 0.00891. The van der Waals surface area contributed by atoms with Gasteiger partial charge in [0.25, 0.3) is 0 Å². The highest BCUT2D eigenvalue weighted by atomic mass is 32.2. The molecular weight excluding hydrogens is 366 g/mol. The summed E-state index contributed by atoms with van der Waals surface area (Å²) in [5, 5.41) is 0. The molecule has 1 atom stereocenters. The molecule has 1 aromatic heterocycles. The van der Waals surface area contributed by atoms with Crippen molar-refractivity contribution in [3.05, 3.63) is 30.0 Å². The van der Waals surface area contributed by atoms with Crippen molar-refractivity contribution in [2.45, 2.75) is 58.2 Å². The van der Waals surface area contributed by atoms with E-state index in [4.69, 9.17) is 14.2 Å². The largest absolute Gasteiger partial charge is 0.485 e. The highest BCUT2D eigenvalue weighted by Gasteiger charge is 2.18. The Bertz CT molecular complexity index is 720. The van der Waals surface area contributed by atoms with Crippen LogP contribution < -0.4 is 9.47 Å². The SMILES string of the molecule is CC(C)(C)OCC1=CC(Oc2ccc(OCCCS(C)(=O)=O)nc2)CCC1. The molecule has 0 saturated heterocycles. The average molecular weight is 398 g/mol. The van der Waals surface area contributed by atoms with Crippen molar-refractivity contribution in [2.24, 2.45) is 0 Å². The van der Waals surface area contributed by atoms with Crippen molar-refractivity contribution >= 4 is 9.84 Å². The molecular formula is C20H31NO5S. The smallest absolute Gasteiger partial charge is 0.213 e. The molecule has 0 saturated carbocycles. The van der Waals surface area contributed by atoms with Crippen LogP contribution in [0.3, 0.4) is 0 Å². The van der Waals surface area contributed by atoms with Gasteiger partial charge in [-0.2, -0.15) is 0 Å². The first-order valence-electron chi connectivity index (χ1n) is 9.37. The van der Waals surface area contributed by atoms with E-state index in [0.717, 1.165) is 19.3 Å². The molecule has 1 heterocycles. The van der Waals surface area contributed by atoms with Crippen molar-refractivity contribution in [1.82, 2.24) is 4.98 Å². The number of ether oxygens (including phenoxy) is 3. The van der Waals surface area contributed by atoms with E-state index < -0.39 is 9.84 Å². The minimum absolute atomic E-state index is 0.0284. The molecule has 7 heteroatoms. The fourth-order valence-electron chi connectivity index (χ4n) is 2.68. The zero-order chi connectivity index (χ0) is 19.9. The van der Waals surface area contributed by atoms with Crippen LogP contribution in [0.15, 0.2) is 30.0 Å². The molecule has 0 N–H and O–H groups in total. The van der Waals surface area contributed by atoms with Crippen LogP contribution in [0, 0.1) is 0 Å². The number of rotatable bonds is 9. The molecule has 1 aromatic rings. The number of aromatic nitrogens is 1. The first-order chi connectivity index (χ1) is 12.6. The Morgan fingerprint density at radius 1 is 1.26 bits per heavy atom. The summed E-state index contributed by atoms with van der Waals surface area (Å²) in [6.07, 6.45) is 8.60. The van der Waals surface area contributed by atoms with Gasteiger partial charge < -0.3 is 14.2 Å². The molecule has 0 fully saturated rings. The monoisotopic (exact) mass is 397 g/mol. The third kappa shape index (κ3) is 9.24. The van der Waals surface area contributed by atoms with E-state index in [1.54, 1.807) is 12.3 Å². The molecule has 1 aliphatic carbocycles. The van der Waals surface area contributed by atoms with Gasteiger partial charge in [0, 0.05) is 12.3 Å². The summed E-state index contributed by atoms with van der Waals surface area (Å²) < 4.78 is 39.5. The third-order valence-corrected chi connectivity index (χ3v) is 5.04. The summed E-state index contributed by atoms with van der Waals surface area (Å²) in [5.74, 6) is 1.27. The van der Waals surface area contributed by atoms with Crippen molar-refractivity contribution in [3.8, 4) is 11.6 Å². The van der Waals surface area contributed by atoms with Crippen LogP contribution in [0.25, 0.3) is 0 Å². The van der Waals surface area contributed by atoms with Crippen LogP contribution in [-0.2, 0) is 14.6 Å². The van der Waals surface area contributed by atoms with Gasteiger partial charge in [0.1, 0.15) is 21.7 Å². The van der Waals surface area contributed by atoms with E-state index in [0.29, 0.717) is 31.3 Å². The molecule has 6 nitrogen and oxygen atoms in total. The Balaban J connectivity index is 1.81. The maximum Gasteiger partial charge on any atom is 0.213 e. The van der Waals surface area contributed by atoms with Gasteiger partial charge in [0.2, 0.25) is 5.88 Å². The van der Waals surface area contributed by atoms with Crippen LogP contribution >= 0.6 is 0 Å². The Labute approximate surface area is 162 Å². The number of hydrogen-bond donors (Lipinski definition) is 0. The summed E-state index contributed by atoms with van der Waals surface area (Å²) in [4.78, 5) is 4.22. The second-order valence-electron chi connectivity index (χ2n) is 7.94. The molecule has 0 bridgehead atoms. The predicted molar refractivity (Wildman–Crippen MR) is 106 cm³/mol. The van der Waals surface area contributed by atoms with E-state index in [-0.39, 0.29) is 17.5 Å². The van der Waals surface area contributed by atoms with Gasteiger partial charge in [0.05, 0.1) is 30.8 Å². The standard InChI is InChI=1S/C20H31NO5S/c1-20(2,3)25-15-16-7-5-8-17(13-16)26-18-9-10-19(21-14-18)24-11-6-12-27(4,22)23/h9-10,13-14,17H,5-8,11-12,15H2,1-4H3. The molecule has 152 valence electrons. The highest BCUT2D eigenvalue weighted by molar-refractivity contribution is 7.90. The van der Waals surface area contributed by atoms with Crippen LogP contribution in [0.1, 0.15) is 46.5 Å². The van der Waals surface area contributed by atoms with E-state index in [1.165, 1.54) is 11.8 Å². The van der Waals surface area contributed by atoms with Crippen molar-refractivity contribution in [1.29, 1.82) is 0 Å². The maximum absolute atomic E-state index is 11.1. The summed E-state index contributed by atoms with van der Waals surface area (Å²) in [6.45, 7) is 7.13. The van der Waals surface area contributed by atoms with Crippen molar-refractivity contribution < 1.29 is 22.6 Å². The molecule has 0 aromatic carbocycles. The molecule has 0 amide bonds. The molecule has 0 aliphatic heterocycles. The van der Waals surface area contributed by atoms with Crippen LogP contribution in [0.4, 0.5) is 0 Å². The average Bonchev–Trinajstić information content (AvgIpc) is 2.57. The predicted octanol–water partition coefficient (Wildman–Crippen LogP) is 3.57. The van der Waals surface area contributed by atoms with E-state index >= 15 is 0 Å². The van der Waals surface area contributed by atoms with E-state index in [1.807, 2.05) is 6.07 Å².